The molecule has 0 aromatic carbocycles. The van der Waals surface area contributed by atoms with Crippen molar-refractivity contribution in [1.82, 2.24) is 19.7 Å². The van der Waals surface area contributed by atoms with Crippen LogP contribution in [0.25, 0.3) is 11.3 Å². The second-order valence-electron chi connectivity index (χ2n) is 6.02. The van der Waals surface area contributed by atoms with Gasteiger partial charge in [0, 0.05) is 41.7 Å². The van der Waals surface area contributed by atoms with Gasteiger partial charge in [0.2, 0.25) is 5.76 Å². The lowest BCUT2D eigenvalue weighted by Crippen LogP contribution is -2.05. The molecule has 0 unspecified atom stereocenters. The Morgan fingerprint density at radius 3 is 2.88 bits per heavy atom. The van der Waals surface area contributed by atoms with E-state index in [1.807, 2.05) is 17.8 Å². The van der Waals surface area contributed by atoms with E-state index in [0.29, 0.717) is 13.2 Å². The topological polar surface area (TPSA) is 83.0 Å². The van der Waals surface area contributed by atoms with Crippen molar-refractivity contribution in [2.24, 2.45) is 0 Å². The van der Waals surface area contributed by atoms with Gasteiger partial charge in [0.05, 0.1) is 18.8 Å². The van der Waals surface area contributed by atoms with Gasteiger partial charge in [-0.05, 0) is 25.8 Å². The maximum atomic E-state index is 12.1. The Balaban J connectivity index is 1.70. The van der Waals surface area contributed by atoms with Crippen LogP contribution in [0.4, 0.5) is 0 Å². The molecule has 0 spiro atoms. The summed E-state index contributed by atoms with van der Waals surface area (Å²) in [6.07, 6.45) is 8.70. The molecule has 4 rings (SSSR count). The van der Waals surface area contributed by atoms with E-state index in [0.717, 1.165) is 46.5 Å². The first-order valence-corrected chi connectivity index (χ1v) is 8.27. The monoisotopic (exact) mass is 338 g/mol. The molecule has 0 N–H and O–H groups in total. The Kier molecular flexibility index (Phi) is 3.83. The van der Waals surface area contributed by atoms with Crippen LogP contribution in [0.3, 0.4) is 0 Å². The number of hydrogen-bond donors (Lipinski definition) is 0. The van der Waals surface area contributed by atoms with Crippen molar-refractivity contribution in [1.29, 1.82) is 0 Å². The summed E-state index contributed by atoms with van der Waals surface area (Å²) in [6, 6.07) is 0. The van der Waals surface area contributed by atoms with Gasteiger partial charge in [-0.2, -0.15) is 5.10 Å². The normalized spacial score (nSPS) is 12.6. The van der Waals surface area contributed by atoms with E-state index in [1.165, 1.54) is 6.33 Å². The zero-order valence-electron chi connectivity index (χ0n) is 14.2. The lowest BCUT2D eigenvalue weighted by Gasteiger charge is -2.09. The molecule has 0 amide bonds. The van der Waals surface area contributed by atoms with Gasteiger partial charge in [-0.3, -0.25) is 4.68 Å². The number of carbonyl (C=O) groups is 1. The average molecular weight is 338 g/mol. The molecule has 3 heterocycles. The predicted octanol–water partition coefficient (Wildman–Crippen LogP) is 2.57. The number of rotatable bonds is 4. The van der Waals surface area contributed by atoms with Crippen LogP contribution in [0.5, 0.6) is 0 Å². The molecule has 0 atom stereocenters. The minimum absolute atomic E-state index is 0.283. The fourth-order valence-corrected chi connectivity index (χ4v) is 3.23. The third-order valence-electron chi connectivity index (χ3n) is 4.33. The summed E-state index contributed by atoms with van der Waals surface area (Å²) < 4.78 is 12.8. The molecule has 1 aliphatic carbocycles. The molecule has 0 radical (unpaired) electrons. The Morgan fingerprint density at radius 2 is 2.12 bits per heavy atom. The standard InChI is InChI=1S/C18H18N4O3/c1-3-24-18(23)17-11(2)15-14(25-17)5-4-13-9-22(21-16(13)15)8-12-6-19-10-20-7-12/h6-7,9-10H,3-5,8H2,1-2H3. The molecule has 128 valence electrons. The van der Waals surface area contributed by atoms with Crippen LogP contribution in [-0.4, -0.2) is 32.3 Å². The number of nitrogens with zero attached hydrogens (tertiary/aromatic N) is 4. The van der Waals surface area contributed by atoms with E-state index in [9.17, 15) is 4.79 Å². The molecule has 1 aliphatic rings. The van der Waals surface area contributed by atoms with E-state index < -0.39 is 5.97 Å². The molecular weight excluding hydrogens is 320 g/mol. The van der Waals surface area contributed by atoms with Crippen molar-refractivity contribution in [3.05, 3.63) is 53.1 Å². The largest absolute Gasteiger partial charge is 0.460 e. The maximum absolute atomic E-state index is 12.1. The van der Waals surface area contributed by atoms with Gasteiger partial charge < -0.3 is 9.15 Å². The summed E-state index contributed by atoms with van der Waals surface area (Å²) in [4.78, 5) is 20.2. The number of aromatic nitrogens is 4. The molecule has 0 bridgehead atoms. The summed E-state index contributed by atoms with van der Waals surface area (Å²) in [7, 11) is 0. The molecule has 0 saturated carbocycles. The minimum Gasteiger partial charge on any atom is -0.460 e. The van der Waals surface area contributed by atoms with Gasteiger partial charge in [-0.25, -0.2) is 14.8 Å². The van der Waals surface area contributed by atoms with Gasteiger partial charge in [0.25, 0.3) is 0 Å². The van der Waals surface area contributed by atoms with Crippen LogP contribution in [-0.2, 0) is 24.1 Å². The predicted molar refractivity (Wildman–Crippen MR) is 89.2 cm³/mol. The Morgan fingerprint density at radius 1 is 1.32 bits per heavy atom. The van der Waals surface area contributed by atoms with Gasteiger partial charge in [-0.15, -0.1) is 0 Å². The van der Waals surface area contributed by atoms with E-state index in [1.54, 1.807) is 19.3 Å². The summed E-state index contributed by atoms with van der Waals surface area (Å²) >= 11 is 0. The molecule has 7 nitrogen and oxygen atoms in total. The number of esters is 1. The number of ether oxygens (including phenoxy) is 1. The van der Waals surface area contributed by atoms with Gasteiger partial charge in [0.1, 0.15) is 12.1 Å². The smallest absolute Gasteiger partial charge is 0.374 e. The van der Waals surface area contributed by atoms with Crippen LogP contribution >= 0.6 is 0 Å². The molecule has 0 saturated heterocycles. The third-order valence-corrected chi connectivity index (χ3v) is 4.33. The van der Waals surface area contributed by atoms with E-state index in [-0.39, 0.29) is 5.76 Å². The average Bonchev–Trinajstić information content (AvgIpc) is 3.16. The fourth-order valence-electron chi connectivity index (χ4n) is 3.23. The molecular formula is C18H18N4O3. The van der Waals surface area contributed by atoms with Crippen LogP contribution in [0.15, 0.2) is 29.3 Å². The van der Waals surface area contributed by atoms with Crippen LogP contribution in [0, 0.1) is 6.92 Å². The molecule has 3 aromatic rings. The minimum atomic E-state index is -0.420. The van der Waals surface area contributed by atoms with Gasteiger partial charge in [0.15, 0.2) is 0 Å². The second-order valence-corrected chi connectivity index (χ2v) is 6.02. The second kappa shape index (κ2) is 6.16. The number of fused-ring (bicyclic) bond motifs is 3. The molecule has 25 heavy (non-hydrogen) atoms. The van der Waals surface area contributed by atoms with E-state index in [2.05, 4.69) is 9.97 Å². The number of aryl methyl sites for hydroxylation is 2. The van der Waals surface area contributed by atoms with Crippen LogP contribution in [0.1, 0.15) is 39.9 Å². The Bertz CT molecular complexity index is 927. The molecule has 7 heteroatoms. The highest BCUT2D eigenvalue weighted by Crippen LogP contribution is 2.38. The van der Waals surface area contributed by atoms with Gasteiger partial charge >= 0.3 is 5.97 Å². The van der Waals surface area contributed by atoms with Crippen molar-refractivity contribution in [2.75, 3.05) is 6.61 Å². The summed E-state index contributed by atoms with van der Waals surface area (Å²) in [5.41, 5.74) is 4.74. The van der Waals surface area contributed by atoms with Crippen molar-refractivity contribution in [2.45, 2.75) is 33.2 Å². The Labute approximate surface area is 144 Å². The highest BCUT2D eigenvalue weighted by atomic mass is 16.5. The highest BCUT2D eigenvalue weighted by molar-refractivity contribution is 5.91. The zero-order valence-corrected chi connectivity index (χ0v) is 14.2. The van der Waals surface area contributed by atoms with Crippen LogP contribution in [0.2, 0.25) is 0 Å². The van der Waals surface area contributed by atoms with Crippen molar-refractivity contribution in [3.63, 3.8) is 0 Å². The number of hydrogen-bond acceptors (Lipinski definition) is 6. The quantitative estimate of drug-likeness (QED) is 0.680. The van der Waals surface area contributed by atoms with E-state index >= 15 is 0 Å². The van der Waals surface area contributed by atoms with Crippen LogP contribution < -0.4 is 0 Å². The Hall–Kier alpha value is -2.96. The maximum Gasteiger partial charge on any atom is 0.374 e. The summed E-state index contributed by atoms with van der Waals surface area (Å²) in [5.74, 6) is 0.670. The van der Waals surface area contributed by atoms with Gasteiger partial charge in [-0.1, -0.05) is 0 Å². The first-order valence-electron chi connectivity index (χ1n) is 8.27. The van der Waals surface area contributed by atoms with E-state index in [4.69, 9.17) is 14.3 Å². The molecule has 0 aliphatic heterocycles. The molecule has 3 aromatic heterocycles. The first-order chi connectivity index (χ1) is 12.2. The third kappa shape index (κ3) is 2.71. The highest BCUT2D eigenvalue weighted by Gasteiger charge is 2.30. The number of carbonyl (C=O) groups excluding carboxylic acids is 1. The zero-order chi connectivity index (χ0) is 17.4. The lowest BCUT2D eigenvalue weighted by molar-refractivity contribution is 0.0487. The number of furan rings is 1. The van der Waals surface area contributed by atoms with Crippen molar-refractivity contribution < 1.29 is 13.9 Å². The van der Waals surface area contributed by atoms with Crippen molar-refractivity contribution >= 4 is 5.97 Å². The summed E-state index contributed by atoms with van der Waals surface area (Å²) in [5, 5.41) is 4.72. The van der Waals surface area contributed by atoms with Crippen molar-refractivity contribution in [3.8, 4) is 11.3 Å². The lowest BCUT2D eigenvalue weighted by atomic mass is 9.94. The SMILES string of the molecule is CCOC(=O)c1oc2c(c1C)-c1nn(Cc3cncnc3)cc1CC2. The molecule has 0 fully saturated rings. The summed E-state index contributed by atoms with van der Waals surface area (Å²) in [6.45, 7) is 4.59. The fraction of sp³-hybridized carbons (Fsp3) is 0.333. The first kappa shape index (κ1) is 15.6.